The van der Waals surface area contributed by atoms with Crippen molar-refractivity contribution in [2.24, 2.45) is 5.73 Å². The van der Waals surface area contributed by atoms with Crippen molar-refractivity contribution >= 4 is 18.3 Å². The predicted octanol–water partition coefficient (Wildman–Crippen LogP) is 1.43. The Bertz CT molecular complexity index is 464. The highest BCUT2D eigenvalue weighted by Crippen LogP contribution is 2.33. The third-order valence-electron chi connectivity index (χ3n) is 2.65. The molecule has 0 saturated carbocycles. The Balaban J connectivity index is 0.00000361. The molecular weight excluding hydrogens is 280 g/mol. The molecule has 6 heteroatoms. The summed E-state index contributed by atoms with van der Waals surface area (Å²) in [5.74, 6) is 1.13. The van der Waals surface area contributed by atoms with E-state index in [4.69, 9.17) is 15.2 Å². The second-order valence-electron chi connectivity index (χ2n) is 3.96. The van der Waals surface area contributed by atoms with Crippen molar-refractivity contribution in [3.05, 3.63) is 35.9 Å². The molecule has 0 aliphatic heterocycles. The number of rotatable bonds is 7. The van der Waals surface area contributed by atoms with E-state index in [2.05, 4.69) is 11.9 Å². The topological polar surface area (TPSA) is 73.6 Å². The zero-order valence-corrected chi connectivity index (χ0v) is 12.6. The lowest BCUT2D eigenvalue weighted by Gasteiger charge is -2.14. The maximum absolute atomic E-state index is 11.2. The number of methoxy groups -OCH3 is 2. The molecule has 0 unspecified atom stereocenters. The van der Waals surface area contributed by atoms with E-state index in [1.807, 2.05) is 12.1 Å². The molecule has 5 nitrogen and oxygen atoms in total. The third kappa shape index (κ3) is 4.75. The molecule has 20 heavy (non-hydrogen) atoms. The summed E-state index contributed by atoms with van der Waals surface area (Å²) < 4.78 is 10.6. The number of carbonyl (C=O) groups is 1. The minimum Gasteiger partial charge on any atom is -0.493 e. The van der Waals surface area contributed by atoms with E-state index in [-0.39, 0.29) is 24.9 Å². The first-order valence-corrected chi connectivity index (χ1v) is 5.97. The number of benzene rings is 1. The predicted molar refractivity (Wildman–Crippen MR) is 81.6 cm³/mol. The molecule has 0 aliphatic rings. The Kier molecular flexibility index (Phi) is 8.43. The van der Waals surface area contributed by atoms with Gasteiger partial charge in [-0.2, -0.15) is 0 Å². The lowest BCUT2D eigenvalue weighted by Crippen LogP contribution is -2.29. The van der Waals surface area contributed by atoms with Gasteiger partial charge in [-0.05, 0) is 24.1 Å². The lowest BCUT2D eigenvalue weighted by atomic mass is 10.1. The van der Waals surface area contributed by atoms with Gasteiger partial charge in [-0.25, -0.2) is 0 Å². The third-order valence-corrected chi connectivity index (χ3v) is 2.65. The molecule has 0 aliphatic carbocycles. The van der Waals surface area contributed by atoms with Crippen molar-refractivity contribution in [3.63, 3.8) is 0 Å². The van der Waals surface area contributed by atoms with Crippen LogP contribution in [0.1, 0.15) is 11.1 Å². The number of hydrogen-bond donors (Lipinski definition) is 2. The van der Waals surface area contributed by atoms with Gasteiger partial charge in [0.05, 0.1) is 20.8 Å². The molecule has 0 spiro atoms. The summed E-state index contributed by atoms with van der Waals surface area (Å²) in [6.07, 6.45) is 2.46. The first-order chi connectivity index (χ1) is 9.15. The summed E-state index contributed by atoms with van der Waals surface area (Å²) in [4.78, 5) is 11.2. The van der Waals surface area contributed by atoms with Crippen LogP contribution in [0.4, 0.5) is 0 Å². The van der Waals surface area contributed by atoms with Crippen molar-refractivity contribution in [2.45, 2.75) is 13.0 Å². The highest BCUT2D eigenvalue weighted by Gasteiger charge is 2.11. The maximum Gasteiger partial charge on any atom is 0.234 e. The fraction of sp³-hybridized carbons (Fsp3) is 0.357. The van der Waals surface area contributed by atoms with Crippen LogP contribution in [0.5, 0.6) is 11.5 Å². The van der Waals surface area contributed by atoms with E-state index >= 15 is 0 Å². The molecule has 1 amide bonds. The Morgan fingerprint density at radius 1 is 1.40 bits per heavy atom. The van der Waals surface area contributed by atoms with Crippen molar-refractivity contribution < 1.29 is 14.3 Å². The van der Waals surface area contributed by atoms with Crippen molar-refractivity contribution in [1.82, 2.24) is 5.32 Å². The molecule has 0 heterocycles. The summed E-state index contributed by atoms with van der Waals surface area (Å²) in [6.45, 7) is 4.10. The van der Waals surface area contributed by atoms with Crippen LogP contribution in [0, 0.1) is 0 Å². The summed E-state index contributed by atoms with van der Waals surface area (Å²) >= 11 is 0. The zero-order valence-electron chi connectivity index (χ0n) is 11.8. The molecule has 0 bridgehead atoms. The number of amides is 1. The summed E-state index contributed by atoms with van der Waals surface area (Å²) in [5.41, 5.74) is 7.14. The SMILES string of the molecule is C=CCc1cc(CNC(=O)CN)cc(OC)c1OC.Cl. The van der Waals surface area contributed by atoms with Gasteiger partial charge < -0.3 is 20.5 Å². The van der Waals surface area contributed by atoms with Gasteiger partial charge in [-0.15, -0.1) is 19.0 Å². The van der Waals surface area contributed by atoms with Crippen LogP contribution in [0.2, 0.25) is 0 Å². The molecule has 0 aromatic heterocycles. The quantitative estimate of drug-likeness (QED) is 0.747. The van der Waals surface area contributed by atoms with E-state index in [0.29, 0.717) is 24.5 Å². The average molecular weight is 301 g/mol. The van der Waals surface area contributed by atoms with Gasteiger partial charge >= 0.3 is 0 Å². The molecule has 0 radical (unpaired) electrons. The number of carbonyl (C=O) groups excluding carboxylic acids is 1. The second kappa shape index (κ2) is 9.23. The summed E-state index contributed by atoms with van der Waals surface area (Å²) in [6, 6.07) is 3.79. The van der Waals surface area contributed by atoms with Crippen molar-refractivity contribution in [3.8, 4) is 11.5 Å². The standard InChI is InChI=1S/C14H20N2O3.ClH/c1-4-5-11-6-10(9-16-13(17)8-15)7-12(18-2)14(11)19-3;/h4,6-7H,1,5,8-9,15H2,2-3H3,(H,16,17);1H. The van der Waals surface area contributed by atoms with Crippen molar-refractivity contribution in [2.75, 3.05) is 20.8 Å². The normalized spacial score (nSPS) is 9.35. The van der Waals surface area contributed by atoms with Crippen LogP contribution < -0.4 is 20.5 Å². The molecule has 1 rings (SSSR count). The molecule has 3 N–H and O–H groups in total. The first-order valence-electron chi connectivity index (χ1n) is 5.97. The monoisotopic (exact) mass is 300 g/mol. The molecule has 1 aromatic rings. The Morgan fingerprint density at radius 2 is 2.10 bits per heavy atom. The van der Waals surface area contributed by atoms with E-state index < -0.39 is 0 Å². The number of hydrogen-bond acceptors (Lipinski definition) is 4. The average Bonchev–Trinajstić information content (AvgIpc) is 2.44. The van der Waals surface area contributed by atoms with Crippen LogP contribution in [0.15, 0.2) is 24.8 Å². The van der Waals surface area contributed by atoms with Crippen molar-refractivity contribution in [1.29, 1.82) is 0 Å². The fourth-order valence-corrected chi connectivity index (χ4v) is 1.79. The van der Waals surface area contributed by atoms with E-state index in [1.54, 1.807) is 20.3 Å². The van der Waals surface area contributed by atoms with Gasteiger partial charge in [0, 0.05) is 12.1 Å². The minimum atomic E-state index is -0.194. The van der Waals surface area contributed by atoms with E-state index in [9.17, 15) is 4.79 Å². The van der Waals surface area contributed by atoms with Crippen LogP contribution in [-0.4, -0.2) is 26.7 Å². The largest absolute Gasteiger partial charge is 0.493 e. The Morgan fingerprint density at radius 3 is 2.60 bits per heavy atom. The van der Waals surface area contributed by atoms with Crippen LogP contribution in [0.25, 0.3) is 0 Å². The molecule has 1 aromatic carbocycles. The maximum atomic E-state index is 11.2. The molecule has 0 saturated heterocycles. The van der Waals surface area contributed by atoms with Crippen LogP contribution >= 0.6 is 12.4 Å². The number of nitrogens with two attached hydrogens (primary N) is 1. The highest BCUT2D eigenvalue weighted by molar-refractivity contribution is 5.85. The number of halogens is 1. The van der Waals surface area contributed by atoms with Gasteiger partial charge in [0.2, 0.25) is 5.91 Å². The van der Waals surface area contributed by atoms with E-state index in [0.717, 1.165) is 11.1 Å². The first kappa shape index (κ1) is 18.3. The lowest BCUT2D eigenvalue weighted by molar-refractivity contribution is -0.119. The molecule has 0 fully saturated rings. The van der Waals surface area contributed by atoms with Gasteiger partial charge in [-0.1, -0.05) is 6.08 Å². The fourth-order valence-electron chi connectivity index (χ4n) is 1.79. The van der Waals surface area contributed by atoms with Crippen LogP contribution in [-0.2, 0) is 17.8 Å². The van der Waals surface area contributed by atoms with Gasteiger partial charge in [-0.3, -0.25) is 4.79 Å². The molecular formula is C14H21ClN2O3. The minimum absolute atomic E-state index is 0. The van der Waals surface area contributed by atoms with Gasteiger partial charge in [0.1, 0.15) is 0 Å². The van der Waals surface area contributed by atoms with Crippen LogP contribution in [0.3, 0.4) is 0 Å². The number of allylic oxidation sites excluding steroid dienone is 1. The van der Waals surface area contributed by atoms with Gasteiger partial charge in [0.25, 0.3) is 0 Å². The summed E-state index contributed by atoms with van der Waals surface area (Å²) in [5, 5.41) is 2.72. The smallest absolute Gasteiger partial charge is 0.234 e. The Hall–Kier alpha value is -1.72. The Labute approximate surface area is 125 Å². The zero-order chi connectivity index (χ0) is 14.3. The number of nitrogens with one attached hydrogen (secondary N) is 1. The second-order valence-corrected chi connectivity index (χ2v) is 3.96. The molecule has 0 atom stereocenters. The van der Waals surface area contributed by atoms with Gasteiger partial charge in [0.15, 0.2) is 11.5 Å². The van der Waals surface area contributed by atoms with E-state index in [1.165, 1.54) is 0 Å². The summed E-state index contributed by atoms with van der Waals surface area (Å²) in [7, 11) is 3.18. The highest BCUT2D eigenvalue weighted by atomic mass is 35.5. The molecule has 112 valence electrons. The number of ether oxygens (including phenoxy) is 2.